The van der Waals surface area contributed by atoms with Crippen molar-refractivity contribution in [1.82, 2.24) is 46.5 Å². The van der Waals surface area contributed by atoms with E-state index in [9.17, 15) is 48.2 Å². The molecule has 20 nitrogen and oxygen atoms in total. The number of thiazole rings is 1. The summed E-state index contributed by atoms with van der Waals surface area (Å²) in [5.41, 5.74) is 3.90. The van der Waals surface area contributed by atoms with E-state index in [0.717, 1.165) is 59.4 Å². The van der Waals surface area contributed by atoms with Crippen molar-refractivity contribution < 1.29 is 57.4 Å². The molecule has 1 saturated heterocycles. The second-order valence-electron chi connectivity index (χ2n) is 22.5. The van der Waals surface area contributed by atoms with Crippen molar-refractivity contribution in [2.24, 2.45) is 5.41 Å². The van der Waals surface area contributed by atoms with Crippen LogP contribution in [-0.4, -0.2) is 136 Å². The number of rotatable bonds is 24. The summed E-state index contributed by atoms with van der Waals surface area (Å²) in [6.07, 6.45) is 4.32. The van der Waals surface area contributed by atoms with Crippen LogP contribution in [0.2, 0.25) is 0 Å². The second kappa shape index (κ2) is 25.8. The molecule has 0 bridgehead atoms. The van der Waals surface area contributed by atoms with Crippen LogP contribution in [0, 0.1) is 12.3 Å². The predicted octanol–water partition coefficient (Wildman–Crippen LogP) is 6.40. The summed E-state index contributed by atoms with van der Waals surface area (Å²) in [7, 11) is 3.17. The lowest BCUT2D eigenvalue weighted by atomic mass is 9.85. The fraction of sp³-hybridized carbons (Fsp3) is 0.475. The summed E-state index contributed by atoms with van der Waals surface area (Å²) in [5.74, 6) is -2.92. The number of nitrogens with one attached hydrogen (secondary N) is 5. The average Bonchev–Trinajstić information content (AvgIpc) is 4.03. The number of aliphatic hydroxyl groups excluding tert-OH is 1. The number of alkyl halides is 1. The number of hydrogen-bond acceptors (Lipinski definition) is 14. The number of carbonyl (C=O) groups excluding carboxylic acids is 7. The number of aryl methyl sites for hydroxylation is 2. The molecule has 3 aliphatic rings. The first-order valence-corrected chi connectivity index (χ1v) is 28.4. The van der Waals surface area contributed by atoms with Gasteiger partial charge in [0.15, 0.2) is 23.7 Å². The first kappa shape index (κ1) is 59.4. The maximum Gasteiger partial charge on any atom is 0.273 e. The van der Waals surface area contributed by atoms with E-state index in [0.29, 0.717) is 42.8 Å². The Morgan fingerprint density at radius 1 is 0.901 bits per heavy atom. The summed E-state index contributed by atoms with van der Waals surface area (Å²) in [6.45, 7) is 7.63. The summed E-state index contributed by atoms with van der Waals surface area (Å²) >= 11 is 1.50. The first-order chi connectivity index (χ1) is 38.6. The van der Waals surface area contributed by atoms with Gasteiger partial charge in [-0.05, 0) is 97.4 Å². The molecule has 5 aromatic rings. The highest BCUT2D eigenvalue weighted by Crippen LogP contribution is 2.41. The molecule has 3 aromatic carbocycles. The van der Waals surface area contributed by atoms with E-state index in [2.05, 4.69) is 36.7 Å². The van der Waals surface area contributed by atoms with E-state index in [-0.39, 0.29) is 85.4 Å². The van der Waals surface area contributed by atoms with Crippen LogP contribution in [0.3, 0.4) is 0 Å². The van der Waals surface area contributed by atoms with E-state index in [1.165, 1.54) is 39.3 Å². The van der Waals surface area contributed by atoms with E-state index < -0.39 is 58.9 Å². The van der Waals surface area contributed by atoms with Gasteiger partial charge in [-0.2, -0.15) is 0 Å². The third-order valence-electron chi connectivity index (χ3n) is 14.9. The number of phenols is 1. The fourth-order valence-corrected chi connectivity index (χ4v) is 10.9. The molecular weight excluding hydrogens is 1060 g/mol. The molecule has 5 atom stereocenters. The topological polar surface area (TPSA) is 275 Å². The van der Waals surface area contributed by atoms with Gasteiger partial charge in [0.05, 0.1) is 46.3 Å². The van der Waals surface area contributed by atoms with Gasteiger partial charge in [-0.3, -0.25) is 33.6 Å². The Bertz CT molecular complexity index is 3110. The number of likely N-dealkylation sites (tertiary alicyclic amines) is 1. The number of aliphatic hydroxyl groups is 1. The van der Waals surface area contributed by atoms with Crippen LogP contribution < -0.4 is 31.3 Å². The van der Waals surface area contributed by atoms with E-state index in [1.807, 2.05) is 43.3 Å². The molecule has 0 radical (unpaired) electrons. The Kier molecular flexibility index (Phi) is 18.9. The average molecular weight is 1130 g/mol. The number of carbonyl (C=O) groups is 7. The Morgan fingerprint density at radius 2 is 1.59 bits per heavy atom. The zero-order chi connectivity index (χ0) is 58.2. The predicted molar refractivity (Wildman–Crippen MR) is 300 cm³/mol. The first-order valence-electron chi connectivity index (χ1n) is 27.5. The second-order valence-corrected chi connectivity index (χ2v) is 23.3. The van der Waals surface area contributed by atoms with Gasteiger partial charge in [0.2, 0.25) is 17.7 Å². The minimum atomic E-state index is -2.02. The number of aromatic hydroxyl groups is 1. The minimum Gasteiger partial charge on any atom is -0.507 e. The number of benzene rings is 3. The standard InChI is InChI=1S/C59H72FN9O11S/c1-34-51(81-33-63-34)37-14-12-36(13-15-37)44(65-54(75)46-27-39(70)31-69(46)56(77)52(58(2,3)4)66-57(78)59(60)22-23-59)30-49(72)61-24-10-8-7-9-11-25-62-50(73)32-79-40-19-16-35-18-21-43(42(35)28-40)64-53(74)45-29-48(80-67-45)38-17-20-41(47(71)26-38)55(76)68(5)6/h12-17,19-20,26,28-29,33,39,43-44,46,52,70-71H,7-11,18,21-25,27,30-32H2,1-6H3,(H,61,72)(H,62,73)(H,64,74)(H,65,75)(H,66,78)/t39-,43-,44?,46+,52?/m1/s1. The Balaban J connectivity index is 0.754. The summed E-state index contributed by atoms with van der Waals surface area (Å²) in [5, 5.41) is 39.6. The maximum absolute atomic E-state index is 14.8. The Labute approximate surface area is 474 Å². The summed E-state index contributed by atoms with van der Waals surface area (Å²) < 4.78 is 26.0. The van der Waals surface area contributed by atoms with Crippen molar-refractivity contribution in [3.05, 3.63) is 106 Å². The monoisotopic (exact) mass is 1130 g/mol. The van der Waals surface area contributed by atoms with Gasteiger partial charge in [-0.1, -0.05) is 81.6 Å². The lowest BCUT2D eigenvalue weighted by Gasteiger charge is -2.36. The summed E-state index contributed by atoms with van der Waals surface area (Å²) in [4.78, 5) is 101. The molecule has 432 valence electrons. The van der Waals surface area contributed by atoms with Crippen LogP contribution in [0.15, 0.2) is 76.8 Å². The number of β-amino-alcohol motifs (C(OH)–C–C–N with tert-alkyl or cyclic N) is 1. The molecule has 22 heteroatoms. The number of hydrogen-bond donors (Lipinski definition) is 7. The quantitative estimate of drug-likeness (QED) is 0.0330. The van der Waals surface area contributed by atoms with Gasteiger partial charge in [0.1, 0.15) is 23.6 Å². The number of halogens is 1. The van der Waals surface area contributed by atoms with Gasteiger partial charge in [-0.15, -0.1) is 11.3 Å². The van der Waals surface area contributed by atoms with Crippen LogP contribution in [-0.2, 0) is 30.4 Å². The lowest BCUT2D eigenvalue weighted by Crippen LogP contribution is -2.59. The molecular formula is C59H72FN9O11S. The van der Waals surface area contributed by atoms with Crippen molar-refractivity contribution in [3.8, 4) is 33.3 Å². The van der Waals surface area contributed by atoms with E-state index in [4.69, 9.17) is 9.26 Å². The van der Waals surface area contributed by atoms with Gasteiger partial charge in [0, 0.05) is 51.8 Å². The number of amides is 7. The van der Waals surface area contributed by atoms with Gasteiger partial charge >= 0.3 is 0 Å². The highest BCUT2D eigenvalue weighted by molar-refractivity contribution is 7.13. The molecule has 2 fully saturated rings. The molecule has 2 unspecified atom stereocenters. The SMILES string of the molecule is Cc1ncsc1-c1ccc(C(CC(=O)NCCCCCCCNC(=O)COc2ccc3c(c2)[C@H](NC(=O)c2cc(-c4ccc(C(=O)N(C)C)c(O)c4)on2)CC3)NC(=O)[C@@H]2C[C@@H](O)CN2C(=O)C(NC(=O)C2(F)CC2)C(C)(C)C)cc1. The third-order valence-corrected chi connectivity index (χ3v) is 15.9. The molecule has 1 aliphatic heterocycles. The number of phenolic OH excluding ortho intramolecular Hbond substituents is 1. The number of fused-ring (bicyclic) bond motifs is 1. The van der Waals surface area contributed by atoms with E-state index >= 15 is 0 Å². The normalized spacial score (nSPS) is 17.8. The number of ether oxygens (including phenoxy) is 1. The molecule has 81 heavy (non-hydrogen) atoms. The molecule has 2 aliphatic carbocycles. The molecule has 0 spiro atoms. The van der Waals surface area contributed by atoms with E-state index in [1.54, 1.807) is 52.5 Å². The van der Waals surface area contributed by atoms with Crippen LogP contribution >= 0.6 is 11.3 Å². The molecule has 7 N–H and O–H groups in total. The zero-order valence-corrected chi connectivity index (χ0v) is 47.4. The third kappa shape index (κ3) is 15.0. The fourth-order valence-electron chi connectivity index (χ4n) is 10.1. The van der Waals surface area contributed by atoms with Crippen molar-refractivity contribution in [2.75, 3.05) is 40.3 Å². The molecule has 7 amide bonds. The van der Waals surface area contributed by atoms with Crippen molar-refractivity contribution in [2.45, 2.75) is 134 Å². The lowest BCUT2D eigenvalue weighted by molar-refractivity contribution is -0.145. The highest BCUT2D eigenvalue weighted by Gasteiger charge is 2.53. The largest absolute Gasteiger partial charge is 0.507 e. The zero-order valence-electron chi connectivity index (χ0n) is 46.6. The summed E-state index contributed by atoms with van der Waals surface area (Å²) in [6, 6.07) is 15.6. The Hall–Kier alpha value is -7.72. The van der Waals surface area contributed by atoms with Gasteiger partial charge in [0.25, 0.3) is 23.6 Å². The van der Waals surface area contributed by atoms with Crippen molar-refractivity contribution in [1.29, 1.82) is 0 Å². The minimum absolute atomic E-state index is 0.0471. The van der Waals surface area contributed by atoms with Crippen LogP contribution in [0.5, 0.6) is 11.5 Å². The van der Waals surface area contributed by atoms with Gasteiger partial charge < -0.3 is 55.9 Å². The molecule has 2 aromatic heterocycles. The smallest absolute Gasteiger partial charge is 0.273 e. The molecule has 3 heterocycles. The van der Waals surface area contributed by atoms with Crippen LogP contribution in [0.1, 0.15) is 140 Å². The molecule has 8 rings (SSSR count). The van der Waals surface area contributed by atoms with Crippen molar-refractivity contribution in [3.63, 3.8) is 0 Å². The molecule has 1 saturated carbocycles. The Morgan fingerprint density at radius 3 is 2.25 bits per heavy atom. The van der Waals surface area contributed by atoms with Crippen molar-refractivity contribution >= 4 is 52.7 Å². The van der Waals surface area contributed by atoms with Gasteiger partial charge in [-0.25, -0.2) is 9.37 Å². The van der Waals surface area contributed by atoms with Crippen LogP contribution in [0.25, 0.3) is 21.8 Å². The van der Waals surface area contributed by atoms with Crippen LogP contribution in [0.4, 0.5) is 4.39 Å². The number of unbranched alkanes of at least 4 members (excludes halogenated alkanes) is 4. The number of nitrogens with zero attached hydrogens (tertiary/aromatic N) is 4. The maximum atomic E-state index is 14.8. The highest BCUT2D eigenvalue weighted by atomic mass is 32.1. The number of aromatic nitrogens is 2.